The van der Waals surface area contributed by atoms with Gasteiger partial charge in [0.05, 0.1) is 12.2 Å². The van der Waals surface area contributed by atoms with Gasteiger partial charge in [0.25, 0.3) is 5.91 Å². The largest absolute Gasteiger partial charge is 0.346 e. The molecular weight excluding hydrogens is 344 g/mol. The van der Waals surface area contributed by atoms with Gasteiger partial charge in [-0.2, -0.15) is 0 Å². The molecular formula is C18H26N8O. The van der Waals surface area contributed by atoms with Crippen LogP contribution in [0.4, 0.5) is 5.95 Å². The van der Waals surface area contributed by atoms with Crippen molar-refractivity contribution in [3.63, 3.8) is 0 Å². The average molecular weight is 370 g/mol. The summed E-state index contributed by atoms with van der Waals surface area (Å²) in [6.07, 6.45) is 11.1. The quantitative estimate of drug-likeness (QED) is 0.822. The molecule has 2 aromatic heterocycles. The van der Waals surface area contributed by atoms with Gasteiger partial charge >= 0.3 is 0 Å². The second-order valence-electron chi connectivity index (χ2n) is 7.46. The highest BCUT2D eigenvalue weighted by molar-refractivity contribution is 5.92. The number of hydrogen-bond acceptors (Lipinski definition) is 7. The van der Waals surface area contributed by atoms with E-state index in [4.69, 9.17) is 5.73 Å². The molecule has 1 amide bonds. The highest BCUT2D eigenvalue weighted by Crippen LogP contribution is 2.26. The maximum atomic E-state index is 12.6. The number of aromatic nitrogens is 5. The lowest BCUT2D eigenvalue weighted by Gasteiger charge is -2.32. The number of nitrogens with one attached hydrogen (secondary N) is 1. The van der Waals surface area contributed by atoms with Crippen LogP contribution in [0.2, 0.25) is 0 Å². The van der Waals surface area contributed by atoms with E-state index in [-0.39, 0.29) is 18.0 Å². The lowest BCUT2D eigenvalue weighted by atomic mass is 9.92. The molecule has 9 nitrogen and oxygen atoms in total. The van der Waals surface area contributed by atoms with Crippen molar-refractivity contribution in [2.45, 2.75) is 56.7 Å². The van der Waals surface area contributed by atoms with Crippen molar-refractivity contribution in [1.29, 1.82) is 0 Å². The van der Waals surface area contributed by atoms with Gasteiger partial charge in [0, 0.05) is 37.6 Å². The topological polar surface area (TPSA) is 115 Å². The second-order valence-corrected chi connectivity index (χ2v) is 7.46. The molecule has 3 N–H and O–H groups in total. The molecule has 1 aliphatic heterocycles. The van der Waals surface area contributed by atoms with Crippen LogP contribution in [0.25, 0.3) is 0 Å². The Balaban J connectivity index is 1.35. The Hall–Kier alpha value is -2.55. The van der Waals surface area contributed by atoms with E-state index in [1.807, 2.05) is 4.68 Å². The van der Waals surface area contributed by atoms with E-state index in [2.05, 4.69) is 30.5 Å². The maximum Gasteiger partial charge on any atom is 0.273 e. The zero-order chi connectivity index (χ0) is 18.6. The van der Waals surface area contributed by atoms with Crippen LogP contribution in [0.5, 0.6) is 0 Å². The van der Waals surface area contributed by atoms with Gasteiger partial charge in [-0.05, 0) is 44.6 Å². The van der Waals surface area contributed by atoms with E-state index in [0.717, 1.165) is 45.1 Å². The number of nitrogens with two attached hydrogens (primary N) is 1. The van der Waals surface area contributed by atoms with Crippen molar-refractivity contribution in [2.24, 2.45) is 5.73 Å². The van der Waals surface area contributed by atoms with E-state index in [0.29, 0.717) is 24.2 Å². The summed E-state index contributed by atoms with van der Waals surface area (Å²) in [5.41, 5.74) is 6.34. The molecule has 0 aromatic carbocycles. The molecule has 0 radical (unpaired) electrons. The third kappa shape index (κ3) is 4.24. The fourth-order valence-electron chi connectivity index (χ4n) is 3.92. The maximum absolute atomic E-state index is 12.6. The molecule has 144 valence electrons. The average Bonchev–Trinajstić information content (AvgIpc) is 3.20. The molecule has 1 saturated carbocycles. The molecule has 1 aliphatic carbocycles. The van der Waals surface area contributed by atoms with Crippen molar-refractivity contribution < 1.29 is 4.79 Å². The first-order chi connectivity index (χ1) is 13.2. The van der Waals surface area contributed by atoms with Gasteiger partial charge in [-0.15, -0.1) is 5.10 Å². The zero-order valence-electron chi connectivity index (χ0n) is 15.4. The van der Waals surface area contributed by atoms with E-state index in [1.54, 1.807) is 24.7 Å². The summed E-state index contributed by atoms with van der Waals surface area (Å²) in [5, 5.41) is 11.3. The monoisotopic (exact) mass is 370 g/mol. The van der Waals surface area contributed by atoms with Crippen molar-refractivity contribution in [3.05, 3.63) is 30.4 Å². The summed E-state index contributed by atoms with van der Waals surface area (Å²) in [6, 6.07) is 2.43. The Morgan fingerprint density at radius 3 is 2.70 bits per heavy atom. The minimum Gasteiger partial charge on any atom is -0.346 e. The molecule has 27 heavy (non-hydrogen) atoms. The molecule has 1 saturated heterocycles. The van der Waals surface area contributed by atoms with Crippen molar-refractivity contribution in [1.82, 2.24) is 30.3 Å². The lowest BCUT2D eigenvalue weighted by Crippen LogP contribution is -2.48. The minimum atomic E-state index is -0.172. The fourth-order valence-corrected chi connectivity index (χ4v) is 3.92. The van der Waals surface area contributed by atoms with Gasteiger partial charge in [-0.1, -0.05) is 5.21 Å². The summed E-state index contributed by atoms with van der Waals surface area (Å²) >= 11 is 0. The Labute approximate surface area is 158 Å². The SMILES string of the molecule is NC1CCC(n2cc(C(=O)N[C@H]3CCCN(c4ncccn4)C3)nn2)CC1. The van der Waals surface area contributed by atoms with E-state index >= 15 is 0 Å². The predicted molar refractivity (Wildman–Crippen MR) is 100 cm³/mol. The van der Waals surface area contributed by atoms with Crippen LogP contribution in [0, 0.1) is 0 Å². The lowest BCUT2D eigenvalue weighted by molar-refractivity contribution is 0.0928. The van der Waals surface area contributed by atoms with Crippen LogP contribution in [-0.4, -0.2) is 56.0 Å². The third-order valence-electron chi connectivity index (χ3n) is 5.45. The molecule has 2 aromatic rings. The van der Waals surface area contributed by atoms with Crippen molar-refractivity contribution >= 4 is 11.9 Å². The number of nitrogens with zero attached hydrogens (tertiary/aromatic N) is 6. The van der Waals surface area contributed by atoms with Crippen molar-refractivity contribution in [3.8, 4) is 0 Å². The Morgan fingerprint density at radius 1 is 1.15 bits per heavy atom. The Bertz CT molecular complexity index is 756. The van der Waals surface area contributed by atoms with Crippen LogP contribution in [0.15, 0.2) is 24.7 Å². The van der Waals surface area contributed by atoms with E-state index < -0.39 is 0 Å². The van der Waals surface area contributed by atoms with Crippen LogP contribution in [0.3, 0.4) is 0 Å². The number of amides is 1. The normalized spacial score (nSPS) is 26.0. The molecule has 2 aliphatic rings. The first-order valence-electron chi connectivity index (χ1n) is 9.69. The smallest absolute Gasteiger partial charge is 0.273 e. The fraction of sp³-hybridized carbons (Fsp3) is 0.611. The number of piperidine rings is 1. The summed E-state index contributed by atoms with van der Waals surface area (Å²) in [7, 11) is 0. The first kappa shape index (κ1) is 17.8. The molecule has 0 unspecified atom stereocenters. The predicted octanol–water partition coefficient (Wildman–Crippen LogP) is 0.909. The van der Waals surface area contributed by atoms with E-state index in [1.165, 1.54) is 0 Å². The molecule has 1 atom stereocenters. The standard InChI is InChI=1S/C18H26N8O/c19-13-4-6-15(7-5-13)26-12-16(23-24-26)17(27)22-14-3-1-10-25(11-14)18-20-8-2-9-21-18/h2,8-9,12-15H,1,3-7,10-11,19H2,(H,22,27)/t13?,14-,15?/m0/s1. The number of carbonyl (C=O) groups is 1. The highest BCUT2D eigenvalue weighted by atomic mass is 16.2. The Kier molecular flexibility index (Phi) is 5.28. The molecule has 0 bridgehead atoms. The van der Waals surface area contributed by atoms with Gasteiger partial charge in [-0.25, -0.2) is 14.6 Å². The summed E-state index contributed by atoms with van der Waals surface area (Å²) in [5.74, 6) is 0.535. The third-order valence-corrected chi connectivity index (χ3v) is 5.45. The summed E-state index contributed by atoms with van der Waals surface area (Å²) < 4.78 is 1.83. The molecule has 0 spiro atoms. The highest BCUT2D eigenvalue weighted by Gasteiger charge is 2.26. The van der Waals surface area contributed by atoms with E-state index in [9.17, 15) is 4.79 Å². The van der Waals surface area contributed by atoms with Crippen molar-refractivity contribution in [2.75, 3.05) is 18.0 Å². The number of carbonyl (C=O) groups excluding carboxylic acids is 1. The Morgan fingerprint density at radius 2 is 1.93 bits per heavy atom. The number of hydrogen-bond donors (Lipinski definition) is 2. The zero-order valence-corrected chi connectivity index (χ0v) is 15.4. The van der Waals surface area contributed by atoms with Gasteiger partial charge in [0.15, 0.2) is 5.69 Å². The van der Waals surface area contributed by atoms with Gasteiger partial charge in [0.2, 0.25) is 5.95 Å². The molecule has 9 heteroatoms. The first-order valence-corrected chi connectivity index (χ1v) is 9.69. The number of rotatable bonds is 4. The molecule has 2 fully saturated rings. The summed E-state index contributed by atoms with van der Waals surface area (Å²) in [4.78, 5) is 23.3. The summed E-state index contributed by atoms with van der Waals surface area (Å²) in [6.45, 7) is 1.60. The van der Waals surface area contributed by atoms with Crippen LogP contribution < -0.4 is 16.0 Å². The van der Waals surface area contributed by atoms with Crippen LogP contribution >= 0.6 is 0 Å². The van der Waals surface area contributed by atoms with Gasteiger partial charge in [-0.3, -0.25) is 4.79 Å². The number of anilines is 1. The minimum absolute atomic E-state index is 0.0490. The second kappa shape index (κ2) is 7.99. The molecule has 4 rings (SSSR count). The van der Waals surface area contributed by atoms with Gasteiger partial charge in [0.1, 0.15) is 0 Å². The van der Waals surface area contributed by atoms with Gasteiger partial charge < -0.3 is 16.0 Å². The van der Waals surface area contributed by atoms with Crippen LogP contribution in [0.1, 0.15) is 55.1 Å². The van der Waals surface area contributed by atoms with Crippen LogP contribution in [-0.2, 0) is 0 Å². The molecule has 3 heterocycles.